The Labute approximate surface area is 181 Å². The fraction of sp³-hybridized carbons (Fsp3) is 0.211. The molecular weight excluding hydrogens is 437 g/mol. The van der Waals surface area contributed by atoms with Gasteiger partial charge in [0.2, 0.25) is 0 Å². The van der Waals surface area contributed by atoms with Gasteiger partial charge >= 0.3 is 5.97 Å². The van der Waals surface area contributed by atoms with Gasteiger partial charge < -0.3 is 15.7 Å². The van der Waals surface area contributed by atoms with Crippen LogP contribution in [0.5, 0.6) is 0 Å². The van der Waals surface area contributed by atoms with Crippen LogP contribution < -0.4 is 10.6 Å². The second-order valence-electron chi connectivity index (χ2n) is 6.06. The first kappa shape index (κ1) is 20.8. The number of carboxylic acid groups (broad SMARTS) is 1. The number of benzene rings is 2. The van der Waals surface area contributed by atoms with E-state index < -0.39 is 12.0 Å². The average Bonchev–Trinajstić information content (AvgIpc) is 3.03. The summed E-state index contributed by atoms with van der Waals surface area (Å²) in [5, 5.41) is 17.6. The maximum atomic E-state index is 11.3. The van der Waals surface area contributed by atoms with E-state index in [9.17, 15) is 9.90 Å². The smallest absolute Gasteiger partial charge is 0.305 e. The summed E-state index contributed by atoms with van der Waals surface area (Å²) in [7, 11) is 0. The molecule has 0 saturated heterocycles. The van der Waals surface area contributed by atoms with E-state index in [1.54, 1.807) is 29.5 Å². The summed E-state index contributed by atoms with van der Waals surface area (Å²) in [6, 6.07) is 10.1. The lowest BCUT2D eigenvalue weighted by Gasteiger charge is -2.21. The Morgan fingerprint density at radius 3 is 2.75 bits per heavy atom. The van der Waals surface area contributed by atoms with Gasteiger partial charge in [-0.1, -0.05) is 36.2 Å². The van der Waals surface area contributed by atoms with Gasteiger partial charge in [0.15, 0.2) is 5.11 Å². The Morgan fingerprint density at radius 1 is 1.29 bits per heavy atom. The zero-order chi connectivity index (χ0) is 20.3. The van der Waals surface area contributed by atoms with Gasteiger partial charge in [-0.2, -0.15) is 0 Å². The minimum absolute atomic E-state index is 0.184. The number of aromatic nitrogens is 1. The molecular formula is C19H17Cl2N3O2S2. The Kier molecular flexibility index (Phi) is 6.72. The number of halogens is 2. The van der Waals surface area contributed by atoms with Crippen molar-refractivity contribution in [1.82, 2.24) is 10.3 Å². The second kappa shape index (κ2) is 9.05. The maximum absolute atomic E-state index is 11.3. The van der Waals surface area contributed by atoms with E-state index in [1.165, 1.54) is 0 Å². The molecule has 0 spiro atoms. The van der Waals surface area contributed by atoms with Crippen LogP contribution in [-0.4, -0.2) is 21.2 Å². The first-order valence-corrected chi connectivity index (χ1v) is 10.5. The summed E-state index contributed by atoms with van der Waals surface area (Å²) < 4.78 is 1.06. The molecule has 146 valence electrons. The number of aliphatic carboxylic acids is 1. The van der Waals surface area contributed by atoms with Crippen LogP contribution >= 0.6 is 46.8 Å². The molecule has 0 aliphatic rings. The van der Waals surface area contributed by atoms with Crippen molar-refractivity contribution in [1.29, 1.82) is 0 Å². The molecule has 5 nitrogen and oxygen atoms in total. The highest BCUT2D eigenvalue weighted by molar-refractivity contribution is 7.80. The summed E-state index contributed by atoms with van der Waals surface area (Å²) in [5.41, 5.74) is 2.36. The SMILES string of the molecule is CCc1nc2ccc(NC(=S)N[C@@H](CC(=O)O)c3ccc(Cl)cc3Cl)cc2s1. The van der Waals surface area contributed by atoms with Gasteiger partial charge in [-0.05, 0) is 54.5 Å². The lowest BCUT2D eigenvalue weighted by Crippen LogP contribution is -2.33. The molecule has 1 heterocycles. The van der Waals surface area contributed by atoms with Gasteiger partial charge in [0, 0.05) is 15.7 Å². The third kappa shape index (κ3) is 5.11. The molecule has 0 radical (unpaired) electrons. The number of hydrogen-bond donors (Lipinski definition) is 3. The van der Waals surface area contributed by atoms with Crippen molar-refractivity contribution >= 4 is 73.7 Å². The second-order valence-corrected chi connectivity index (χ2v) is 8.43. The van der Waals surface area contributed by atoms with E-state index in [4.69, 9.17) is 35.4 Å². The van der Waals surface area contributed by atoms with E-state index >= 15 is 0 Å². The number of thiazole rings is 1. The minimum atomic E-state index is -0.968. The highest BCUT2D eigenvalue weighted by atomic mass is 35.5. The van der Waals surface area contributed by atoms with Gasteiger partial charge in [0.05, 0.1) is 27.7 Å². The van der Waals surface area contributed by atoms with Gasteiger partial charge in [-0.15, -0.1) is 11.3 Å². The number of rotatable bonds is 6. The molecule has 1 aromatic heterocycles. The molecule has 2 aromatic carbocycles. The van der Waals surface area contributed by atoms with Gasteiger partial charge in [0.25, 0.3) is 0 Å². The number of aryl methyl sites for hydroxylation is 1. The number of nitrogens with zero attached hydrogens (tertiary/aromatic N) is 1. The number of nitrogens with one attached hydrogen (secondary N) is 2. The maximum Gasteiger partial charge on any atom is 0.305 e. The molecule has 0 amide bonds. The minimum Gasteiger partial charge on any atom is -0.481 e. The average molecular weight is 454 g/mol. The Balaban J connectivity index is 1.77. The lowest BCUT2D eigenvalue weighted by atomic mass is 10.0. The first-order valence-electron chi connectivity index (χ1n) is 8.49. The van der Waals surface area contributed by atoms with Crippen molar-refractivity contribution in [3.8, 4) is 0 Å². The summed E-state index contributed by atoms with van der Waals surface area (Å²) >= 11 is 19.2. The topological polar surface area (TPSA) is 74.2 Å². The Morgan fingerprint density at radius 2 is 2.07 bits per heavy atom. The first-order chi connectivity index (χ1) is 13.4. The highest BCUT2D eigenvalue weighted by Gasteiger charge is 2.19. The molecule has 28 heavy (non-hydrogen) atoms. The van der Waals surface area contributed by atoms with Crippen LogP contribution in [0.2, 0.25) is 10.0 Å². The molecule has 3 N–H and O–H groups in total. The number of anilines is 1. The van der Waals surface area contributed by atoms with Crippen molar-refractivity contribution in [2.24, 2.45) is 0 Å². The number of fused-ring (bicyclic) bond motifs is 1. The normalized spacial score (nSPS) is 12.0. The summed E-state index contributed by atoms with van der Waals surface area (Å²) in [5.74, 6) is -0.968. The molecule has 9 heteroatoms. The highest BCUT2D eigenvalue weighted by Crippen LogP contribution is 2.29. The number of thiocarbonyl (C=S) groups is 1. The number of hydrogen-bond acceptors (Lipinski definition) is 4. The zero-order valence-electron chi connectivity index (χ0n) is 14.8. The zero-order valence-corrected chi connectivity index (χ0v) is 18.0. The van der Waals surface area contributed by atoms with Crippen molar-refractivity contribution in [3.05, 3.63) is 57.0 Å². The predicted octanol–water partition coefficient (Wildman–Crippen LogP) is 5.67. The summed E-state index contributed by atoms with van der Waals surface area (Å²) in [4.78, 5) is 15.8. The fourth-order valence-corrected chi connectivity index (χ4v) is 4.47. The van der Waals surface area contributed by atoms with Crippen LogP contribution in [0.3, 0.4) is 0 Å². The Hall–Kier alpha value is -1.93. The van der Waals surface area contributed by atoms with E-state index in [0.717, 1.165) is 27.3 Å². The monoisotopic (exact) mass is 453 g/mol. The van der Waals surface area contributed by atoms with Crippen LogP contribution in [0.25, 0.3) is 10.2 Å². The van der Waals surface area contributed by atoms with Crippen molar-refractivity contribution in [3.63, 3.8) is 0 Å². The van der Waals surface area contributed by atoms with Crippen molar-refractivity contribution < 1.29 is 9.90 Å². The quantitative estimate of drug-likeness (QED) is 0.417. The largest absolute Gasteiger partial charge is 0.481 e. The van der Waals surface area contributed by atoms with Crippen LogP contribution in [0.15, 0.2) is 36.4 Å². The molecule has 0 saturated carbocycles. The summed E-state index contributed by atoms with van der Waals surface area (Å²) in [6.45, 7) is 2.07. The molecule has 0 aliphatic carbocycles. The van der Waals surface area contributed by atoms with Gasteiger partial charge in [-0.25, -0.2) is 4.98 Å². The van der Waals surface area contributed by atoms with E-state index in [-0.39, 0.29) is 6.42 Å². The lowest BCUT2D eigenvalue weighted by molar-refractivity contribution is -0.137. The molecule has 1 atom stereocenters. The molecule has 0 unspecified atom stereocenters. The predicted molar refractivity (Wildman–Crippen MR) is 120 cm³/mol. The van der Waals surface area contributed by atoms with Gasteiger partial charge in [-0.3, -0.25) is 4.79 Å². The van der Waals surface area contributed by atoms with Crippen LogP contribution in [-0.2, 0) is 11.2 Å². The van der Waals surface area contributed by atoms with E-state index in [0.29, 0.717) is 20.7 Å². The molecule has 0 bridgehead atoms. The number of carbonyl (C=O) groups is 1. The fourth-order valence-electron chi connectivity index (χ4n) is 2.72. The molecule has 3 rings (SSSR count). The molecule has 3 aromatic rings. The van der Waals surface area contributed by atoms with E-state index in [2.05, 4.69) is 22.5 Å². The summed E-state index contributed by atoms with van der Waals surface area (Å²) in [6.07, 6.45) is 0.706. The van der Waals surface area contributed by atoms with E-state index in [1.807, 2.05) is 18.2 Å². The number of carboxylic acids is 1. The van der Waals surface area contributed by atoms with Gasteiger partial charge in [0.1, 0.15) is 0 Å². The van der Waals surface area contributed by atoms with Crippen LogP contribution in [0, 0.1) is 0 Å². The third-order valence-corrected chi connectivity index (χ3v) is 5.96. The van der Waals surface area contributed by atoms with Crippen molar-refractivity contribution in [2.45, 2.75) is 25.8 Å². The molecule has 0 fully saturated rings. The molecule has 0 aliphatic heterocycles. The standard InChI is InChI=1S/C19H17Cl2N3O2S2/c1-2-17-23-14-6-4-11(8-16(14)28-17)22-19(27)24-15(9-18(25)26)12-5-3-10(20)7-13(12)21/h3-8,15H,2,9H2,1H3,(H,25,26)(H2,22,24,27)/t15-/m0/s1. The van der Waals surface area contributed by atoms with Crippen molar-refractivity contribution in [2.75, 3.05) is 5.32 Å². The Bertz CT molecular complexity index is 1040. The third-order valence-electron chi connectivity index (χ3n) is 4.02. The van der Waals surface area contributed by atoms with Crippen LogP contribution in [0.1, 0.15) is 30.0 Å². The van der Waals surface area contributed by atoms with Crippen LogP contribution in [0.4, 0.5) is 5.69 Å².